The molecule has 3 rings (SSSR count). The van der Waals surface area contributed by atoms with Crippen LogP contribution in [0.25, 0.3) is 11.0 Å². The first kappa shape index (κ1) is 19.6. The lowest BCUT2D eigenvalue weighted by Crippen LogP contribution is -2.30. The molecule has 0 fully saturated rings. The quantitative estimate of drug-likeness (QED) is 0.564. The van der Waals surface area contributed by atoms with Crippen LogP contribution in [0.5, 0.6) is 5.75 Å². The summed E-state index contributed by atoms with van der Waals surface area (Å²) in [6, 6.07) is 13.3. The third kappa shape index (κ3) is 4.05. The maximum absolute atomic E-state index is 12.6. The maximum atomic E-state index is 12.6. The van der Waals surface area contributed by atoms with Crippen LogP contribution in [0.15, 0.2) is 57.7 Å². The van der Waals surface area contributed by atoms with E-state index in [1.807, 2.05) is 0 Å². The van der Waals surface area contributed by atoms with Gasteiger partial charge in [0, 0.05) is 18.0 Å². The summed E-state index contributed by atoms with van der Waals surface area (Å²) in [6.07, 6.45) is -0.722. The third-order valence-electron chi connectivity index (χ3n) is 4.58. The summed E-state index contributed by atoms with van der Waals surface area (Å²) in [7, 11) is 1.52. The van der Waals surface area contributed by atoms with Gasteiger partial charge in [0.1, 0.15) is 16.9 Å². The van der Waals surface area contributed by atoms with Crippen LogP contribution in [0.4, 0.5) is 0 Å². The van der Waals surface area contributed by atoms with Gasteiger partial charge in [-0.2, -0.15) is 0 Å². The number of carbonyl (C=O) groups is 1. The van der Waals surface area contributed by atoms with Gasteiger partial charge in [-0.05, 0) is 36.2 Å². The molecule has 0 aliphatic heterocycles. The van der Waals surface area contributed by atoms with Gasteiger partial charge in [-0.1, -0.05) is 24.3 Å². The first-order valence-electron chi connectivity index (χ1n) is 8.83. The molecular weight excluding hydrogens is 360 g/mol. The third-order valence-corrected chi connectivity index (χ3v) is 4.58. The molecule has 1 amide bonds. The van der Waals surface area contributed by atoms with Crippen molar-refractivity contribution in [3.05, 3.63) is 75.6 Å². The van der Waals surface area contributed by atoms with E-state index in [2.05, 4.69) is 5.32 Å². The molecule has 1 heterocycles. The summed E-state index contributed by atoms with van der Waals surface area (Å²) in [4.78, 5) is 24.8. The van der Waals surface area contributed by atoms with Gasteiger partial charge in [-0.25, -0.2) is 4.79 Å². The Balaban J connectivity index is 1.80. The van der Waals surface area contributed by atoms with E-state index in [1.54, 1.807) is 49.4 Å². The van der Waals surface area contributed by atoms with E-state index in [4.69, 9.17) is 14.9 Å². The molecule has 0 spiro atoms. The van der Waals surface area contributed by atoms with Crippen molar-refractivity contribution >= 4 is 16.9 Å². The van der Waals surface area contributed by atoms with Crippen molar-refractivity contribution in [3.63, 3.8) is 0 Å². The number of aliphatic hydroxyl groups excluding tert-OH is 1. The van der Waals surface area contributed by atoms with Gasteiger partial charge in [-0.3, -0.25) is 4.79 Å². The number of nitrogens with one attached hydrogen (secondary N) is 1. The molecule has 7 nitrogen and oxygen atoms in total. The number of fused-ring (bicyclic) bond motifs is 1. The number of nitrogens with two attached hydrogens (primary N) is 1. The van der Waals surface area contributed by atoms with Gasteiger partial charge < -0.3 is 25.3 Å². The van der Waals surface area contributed by atoms with Gasteiger partial charge in [0.2, 0.25) is 0 Å². The average Bonchev–Trinajstić information content (AvgIpc) is 2.72. The van der Waals surface area contributed by atoms with Crippen molar-refractivity contribution in [2.24, 2.45) is 5.73 Å². The molecule has 4 N–H and O–H groups in total. The minimum Gasteiger partial charge on any atom is -0.497 e. The predicted octanol–water partition coefficient (Wildman–Crippen LogP) is 2.28. The predicted molar refractivity (Wildman–Crippen MR) is 105 cm³/mol. The van der Waals surface area contributed by atoms with Crippen LogP contribution in [0.3, 0.4) is 0 Å². The highest BCUT2D eigenvalue weighted by molar-refractivity contribution is 5.97. The normalized spacial score (nSPS) is 13.1. The van der Waals surface area contributed by atoms with Crippen molar-refractivity contribution in [2.75, 3.05) is 13.7 Å². The van der Waals surface area contributed by atoms with Crippen LogP contribution in [0, 0.1) is 0 Å². The summed E-state index contributed by atoms with van der Waals surface area (Å²) >= 11 is 0. The van der Waals surface area contributed by atoms with Crippen LogP contribution >= 0.6 is 0 Å². The van der Waals surface area contributed by atoms with Crippen molar-refractivity contribution in [2.45, 2.75) is 19.1 Å². The minimum atomic E-state index is -0.722. The first-order valence-corrected chi connectivity index (χ1v) is 8.83. The lowest BCUT2D eigenvalue weighted by Gasteiger charge is -2.15. The molecule has 0 saturated heterocycles. The SMILES string of the molecule is COc1ccc2cc(C(=O)NC(C)c3ccc(C(O)CN)cc3)c(=O)oc2c1. The number of amides is 1. The summed E-state index contributed by atoms with van der Waals surface area (Å²) in [5.74, 6) is 0.0368. The standard InChI is InChI=1S/C21H22N2O5/c1-12(13-3-5-14(6-4-13)18(24)11-22)23-20(25)17-9-15-7-8-16(27-2)10-19(15)28-21(17)26/h3-10,12,18,24H,11,22H2,1-2H3,(H,23,25). The molecule has 2 atom stereocenters. The van der Waals surface area contributed by atoms with E-state index >= 15 is 0 Å². The zero-order valence-corrected chi connectivity index (χ0v) is 15.6. The number of benzene rings is 2. The lowest BCUT2D eigenvalue weighted by molar-refractivity contribution is 0.0936. The van der Waals surface area contributed by atoms with Gasteiger partial charge in [-0.15, -0.1) is 0 Å². The van der Waals surface area contributed by atoms with E-state index in [-0.39, 0.29) is 18.2 Å². The Morgan fingerprint density at radius 3 is 2.50 bits per heavy atom. The van der Waals surface area contributed by atoms with Crippen molar-refractivity contribution < 1.29 is 19.1 Å². The Morgan fingerprint density at radius 2 is 1.86 bits per heavy atom. The Hall–Kier alpha value is -3.16. The van der Waals surface area contributed by atoms with E-state index in [0.717, 1.165) is 5.56 Å². The molecule has 7 heteroatoms. The molecule has 0 aliphatic carbocycles. The zero-order valence-electron chi connectivity index (χ0n) is 15.6. The fourth-order valence-electron chi connectivity index (χ4n) is 2.88. The number of carbonyl (C=O) groups excluding carboxylic acids is 1. The van der Waals surface area contributed by atoms with E-state index < -0.39 is 17.6 Å². The highest BCUT2D eigenvalue weighted by Crippen LogP contribution is 2.21. The van der Waals surface area contributed by atoms with Gasteiger partial charge in [0.05, 0.1) is 19.3 Å². The molecule has 3 aromatic rings. The number of hydrogen-bond donors (Lipinski definition) is 3. The molecule has 2 aromatic carbocycles. The second-order valence-corrected chi connectivity index (χ2v) is 6.46. The number of rotatable bonds is 6. The topological polar surface area (TPSA) is 115 Å². The average molecular weight is 382 g/mol. The van der Waals surface area contributed by atoms with Crippen LogP contribution in [-0.4, -0.2) is 24.7 Å². The van der Waals surface area contributed by atoms with Crippen molar-refractivity contribution in [3.8, 4) is 5.75 Å². The molecule has 0 radical (unpaired) electrons. The van der Waals surface area contributed by atoms with E-state index in [9.17, 15) is 14.7 Å². The number of methoxy groups -OCH3 is 1. The summed E-state index contributed by atoms with van der Waals surface area (Å²) in [5, 5.41) is 13.2. The second kappa shape index (κ2) is 8.24. The number of ether oxygens (including phenoxy) is 1. The van der Waals surface area contributed by atoms with Crippen LogP contribution in [0.2, 0.25) is 0 Å². The maximum Gasteiger partial charge on any atom is 0.349 e. The molecule has 0 aliphatic rings. The van der Waals surface area contributed by atoms with Gasteiger partial charge in [0.15, 0.2) is 0 Å². The number of aliphatic hydroxyl groups is 1. The Morgan fingerprint density at radius 1 is 1.18 bits per heavy atom. The molecule has 146 valence electrons. The zero-order chi connectivity index (χ0) is 20.3. The van der Waals surface area contributed by atoms with E-state index in [1.165, 1.54) is 13.2 Å². The van der Waals surface area contributed by atoms with Crippen molar-refractivity contribution in [1.29, 1.82) is 0 Å². The van der Waals surface area contributed by atoms with E-state index in [0.29, 0.717) is 22.3 Å². The highest BCUT2D eigenvalue weighted by Gasteiger charge is 2.17. The Labute approximate surface area is 161 Å². The highest BCUT2D eigenvalue weighted by atomic mass is 16.5. The monoisotopic (exact) mass is 382 g/mol. The second-order valence-electron chi connectivity index (χ2n) is 6.46. The van der Waals surface area contributed by atoms with Crippen LogP contribution in [-0.2, 0) is 0 Å². The smallest absolute Gasteiger partial charge is 0.349 e. The van der Waals surface area contributed by atoms with Crippen molar-refractivity contribution in [1.82, 2.24) is 5.32 Å². The molecule has 0 bridgehead atoms. The Kier molecular flexibility index (Phi) is 5.77. The van der Waals surface area contributed by atoms with Crippen LogP contribution < -0.4 is 21.4 Å². The molecule has 0 saturated carbocycles. The fraction of sp³-hybridized carbons (Fsp3) is 0.238. The number of hydrogen-bond acceptors (Lipinski definition) is 6. The van der Waals surface area contributed by atoms with Gasteiger partial charge >= 0.3 is 5.63 Å². The summed E-state index contributed by atoms with van der Waals surface area (Å²) in [5.41, 5.74) is 6.55. The molecule has 1 aromatic heterocycles. The van der Waals surface area contributed by atoms with Gasteiger partial charge in [0.25, 0.3) is 5.91 Å². The summed E-state index contributed by atoms with van der Waals surface area (Å²) in [6.45, 7) is 1.94. The minimum absolute atomic E-state index is 0.0697. The molecule has 28 heavy (non-hydrogen) atoms. The van der Waals surface area contributed by atoms with Crippen LogP contribution in [0.1, 0.15) is 40.6 Å². The lowest BCUT2D eigenvalue weighted by atomic mass is 10.0. The molecular formula is C21H22N2O5. The largest absolute Gasteiger partial charge is 0.497 e. The molecule has 2 unspecified atom stereocenters. The first-order chi connectivity index (χ1) is 13.4. The Bertz CT molecular complexity index is 1040. The summed E-state index contributed by atoms with van der Waals surface area (Å²) < 4.78 is 10.4. The fourth-order valence-corrected chi connectivity index (χ4v) is 2.88.